The van der Waals surface area contributed by atoms with Crippen molar-refractivity contribution in [1.29, 1.82) is 0 Å². The molecule has 0 spiro atoms. The summed E-state index contributed by atoms with van der Waals surface area (Å²) in [5.41, 5.74) is 0.598. The minimum Gasteiger partial charge on any atom is -0.490 e. The van der Waals surface area contributed by atoms with E-state index in [0.717, 1.165) is 34.4 Å². The van der Waals surface area contributed by atoms with E-state index < -0.39 is 5.54 Å². The molecule has 0 aromatic heterocycles. The molecule has 0 radical (unpaired) electrons. The van der Waals surface area contributed by atoms with Gasteiger partial charge in [-0.15, -0.1) is 0 Å². The highest BCUT2D eigenvalue weighted by Crippen LogP contribution is 2.33. The number of unbranched alkanes of at least 4 members (excludes halogenated alkanes) is 1. The van der Waals surface area contributed by atoms with E-state index in [1.165, 1.54) is 38.5 Å². The Balaban J connectivity index is 1.46. The Labute approximate surface area is 167 Å². The maximum atomic E-state index is 11.5. The Morgan fingerprint density at radius 1 is 1.18 bits per heavy atom. The van der Waals surface area contributed by atoms with Crippen molar-refractivity contribution in [3.8, 4) is 5.75 Å². The fourth-order valence-electron chi connectivity index (χ4n) is 4.60. The highest BCUT2D eigenvalue weighted by atomic mass is 16.6. The van der Waals surface area contributed by atoms with Crippen molar-refractivity contribution >= 4 is 16.9 Å². The van der Waals surface area contributed by atoms with Crippen molar-refractivity contribution in [2.75, 3.05) is 6.61 Å². The fraction of sp³-hybridized carbons (Fsp3) is 0.542. The highest BCUT2D eigenvalue weighted by Gasteiger charge is 2.36. The number of carbonyl (C=O) groups excluding carboxylic acids is 1. The molecule has 2 aromatic rings. The van der Waals surface area contributed by atoms with E-state index in [1.807, 2.05) is 6.92 Å². The lowest BCUT2D eigenvalue weighted by Gasteiger charge is -2.29. The number of benzene rings is 2. The normalized spacial score (nSPS) is 27.4. The summed E-state index contributed by atoms with van der Waals surface area (Å²) in [7, 11) is 0. The van der Waals surface area contributed by atoms with E-state index >= 15 is 0 Å². The Morgan fingerprint density at radius 2 is 2.00 bits per heavy atom. The van der Waals surface area contributed by atoms with Gasteiger partial charge in [-0.3, -0.25) is 0 Å². The predicted octanol–water partition coefficient (Wildman–Crippen LogP) is 5.92. The standard InChI is InChI=1S/C24H31NO3/c1-3-4-6-17-7-5-8-21(13-17)28-22-12-10-18-14-20(11-9-19(18)15-22)24(2)16-27-23(26)25-24/h9-12,14-15,17,21H,3-8,13,16H2,1-2H3,(H,25,26)/t17?,21?,24-/m0/s1. The maximum Gasteiger partial charge on any atom is 0.408 e. The summed E-state index contributed by atoms with van der Waals surface area (Å²) in [5.74, 6) is 1.79. The van der Waals surface area contributed by atoms with Crippen LogP contribution in [0.1, 0.15) is 64.4 Å². The molecule has 2 fully saturated rings. The van der Waals surface area contributed by atoms with Crippen LogP contribution in [0.15, 0.2) is 36.4 Å². The molecule has 2 unspecified atom stereocenters. The van der Waals surface area contributed by atoms with E-state index in [-0.39, 0.29) is 6.09 Å². The zero-order valence-corrected chi connectivity index (χ0v) is 17.0. The summed E-state index contributed by atoms with van der Waals surface area (Å²) in [5, 5.41) is 5.22. The third kappa shape index (κ3) is 4.11. The van der Waals surface area contributed by atoms with E-state index in [4.69, 9.17) is 9.47 Å². The van der Waals surface area contributed by atoms with Crippen LogP contribution in [0, 0.1) is 5.92 Å². The SMILES string of the molecule is CCCCC1CCCC(Oc2ccc3cc([C@]4(C)COC(=O)N4)ccc3c2)C1. The minimum absolute atomic E-state index is 0.345. The van der Waals surface area contributed by atoms with Crippen molar-refractivity contribution in [3.05, 3.63) is 42.0 Å². The number of ether oxygens (including phenoxy) is 2. The maximum absolute atomic E-state index is 11.5. The van der Waals surface area contributed by atoms with Crippen molar-refractivity contribution in [2.24, 2.45) is 5.92 Å². The summed E-state index contributed by atoms with van der Waals surface area (Å²) in [6.07, 6.45) is 8.95. The largest absolute Gasteiger partial charge is 0.490 e. The van der Waals surface area contributed by atoms with Crippen LogP contribution in [0.4, 0.5) is 4.79 Å². The van der Waals surface area contributed by atoms with Crippen LogP contribution in [0.2, 0.25) is 0 Å². The number of cyclic esters (lactones) is 1. The summed E-state index contributed by atoms with van der Waals surface area (Å²) in [6.45, 7) is 4.62. The molecule has 1 aliphatic carbocycles. The average Bonchev–Trinajstić information content (AvgIpc) is 3.06. The summed E-state index contributed by atoms with van der Waals surface area (Å²) in [4.78, 5) is 11.5. The second-order valence-corrected chi connectivity index (χ2v) is 8.67. The Morgan fingerprint density at radius 3 is 2.79 bits per heavy atom. The van der Waals surface area contributed by atoms with Gasteiger partial charge in [-0.2, -0.15) is 0 Å². The van der Waals surface area contributed by atoms with Gasteiger partial charge in [0, 0.05) is 0 Å². The smallest absolute Gasteiger partial charge is 0.408 e. The molecule has 1 N–H and O–H groups in total. The molecule has 28 heavy (non-hydrogen) atoms. The van der Waals surface area contributed by atoms with Gasteiger partial charge in [0.1, 0.15) is 12.4 Å². The molecule has 0 bridgehead atoms. The first-order valence-electron chi connectivity index (χ1n) is 10.7. The van der Waals surface area contributed by atoms with Crippen molar-refractivity contribution in [1.82, 2.24) is 5.32 Å². The molecule has 3 atom stereocenters. The van der Waals surface area contributed by atoms with Crippen LogP contribution in [0.3, 0.4) is 0 Å². The molecule has 4 heteroatoms. The molecule has 2 aliphatic rings. The number of rotatable bonds is 6. The first-order chi connectivity index (χ1) is 13.6. The number of nitrogens with one attached hydrogen (secondary N) is 1. The van der Waals surface area contributed by atoms with Crippen LogP contribution in [0.25, 0.3) is 10.8 Å². The van der Waals surface area contributed by atoms with Gasteiger partial charge in [-0.05, 0) is 66.6 Å². The van der Waals surface area contributed by atoms with Gasteiger partial charge in [0.25, 0.3) is 0 Å². The third-order valence-electron chi connectivity index (χ3n) is 6.32. The summed E-state index contributed by atoms with van der Waals surface area (Å²) < 4.78 is 11.5. The predicted molar refractivity (Wildman–Crippen MR) is 112 cm³/mol. The molecule has 1 amide bonds. The van der Waals surface area contributed by atoms with Crippen molar-refractivity contribution in [2.45, 2.75) is 70.4 Å². The van der Waals surface area contributed by atoms with Crippen molar-refractivity contribution in [3.63, 3.8) is 0 Å². The Kier molecular flexibility index (Phi) is 5.47. The van der Waals surface area contributed by atoms with Gasteiger partial charge >= 0.3 is 6.09 Å². The minimum atomic E-state index is -0.462. The number of amides is 1. The van der Waals surface area contributed by atoms with Crippen LogP contribution in [-0.4, -0.2) is 18.8 Å². The molecule has 1 heterocycles. The van der Waals surface area contributed by atoms with Crippen LogP contribution >= 0.6 is 0 Å². The van der Waals surface area contributed by atoms with Gasteiger partial charge < -0.3 is 14.8 Å². The average molecular weight is 382 g/mol. The molecular formula is C24H31NO3. The monoisotopic (exact) mass is 381 g/mol. The lowest BCUT2D eigenvalue weighted by Crippen LogP contribution is -2.37. The third-order valence-corrected chi connectivity index (χ3v) is 6.32. The molecular weight excluding hydrogens is 350 g/mol. The quantitative estimate of drug-likeness (QED) is 0.675. The van der Waals surface area contributed by atoms with Gasteiger partial charge in [0.2, 0.25) is 0 Å². The second-order valence-electron chi connectivity index (χ2n) is 8.67. The molecule has 1 saturated heterocycles. The number of alkyl carbamates (subject to hydrolysis) is 1. The van der Waals surface area contributed by atoms with Crippen LogP contribution < -0.4 is 10.1 Å². The number of fused-ring (bicyclic) bond motifs is 1. The second kappa shape index (κ2) is 8.02. The lowest BCUT2D eigenvalue weighted by molar-refractivity contribution is 0.119. The number of hydrogen-bond acceptors (Lipinski definition) is 3. The zero-order chi connectivity index (χ0) is 19.6. The highest BCUT2D eigenvalue weighted by molar-refractivity contribution is 5.85. The Bertz CT molecular complexity index is 849. The first kappa shape index (κ1) is 19.1. The molecule has 4 rings (SSSR count). The molecule has 150 valence electrons. The zero-order valence-electron chi connectivity index (χ0n) is 17.0. The van der Waals surface area contributed by atoms with Gasteiger partial charge in [-0.1, -0.05) is 50.8 Å². The molecule has 2 aromatic carbocycles. The Hall–Kier alpha value is -2.23. The van der Waals surface area contributed by atoms with Gasteiger partial charge in [0.15, 0.2) is 0 Å². The van der Waals surface area contributed by atoms with Gasteiger partial charge in [0.05, 0.1) is 11.6 Å². The summed E-state index contributed by atoms with van der Waals surface area (Å²) in [6, 6.07) is 12.7. The first-order valence-corrected chi connectivity index (χ1v) is 10.7. The summed E-state index contributed by atoms with van der Waals surface area (Å²) >= 11 is 0. The van der Waals surface area contributed by atoms with E-state index in [0.29, 0.717) is 12.7 Å². The molecule has 1 aliphatic heterocycles. The van der Waals surface area contributed by atoms with E-state index in [2.05, 4.69) is 48.6 Å². The number of carbonyl (C=O) groups is 1. The lowest BCUT2D eigenvalue weighted by atomic mass is 9.84. The van der Waals surface area contributed by atoms with Crippen molar-refractivity contribution < 1.29 is 14.3 Å². The van der Waals surface area contributed by atoms with Crippen LogP contribution in [0.5, 0.6) is 5.75 Å². The van der Waals surface area contributed by atoms with E-state index in [9.17, 15) is 4.79 Å². The number of hydrogen-bond donors (Lipinski definition) is 1. The van der Waals surface area contributed by atoms with Gasteiger partial charge in [-0.25, -0.2) is 4.79 Å². The molecule has 4 nitrogen and oxygen atoms in total. The fourth-order valence-corrected chi connectivity index (χ4v) is 4.60. The van der Waals surface area contributed by atoms with Crippen LogP contribution in [-0.2, 0) is 10.3 Å². The van der Waals surface area contributed by atoms with E-state index in [1.54, 1.807) is 0 Å². The molecule has 1 saturated carbocycles. The topological polar surface area (TPSA) is 47.6 Å².